The SMILES string of the molecule is CCCCc1cccnc1[N+](=O)[O-]. The van der Waals surface area contributed by atoms with Gasteiger partial charge in [-0.3, -0.25) is 0 Å². The molecule has 70 valence electrons. The average Bonchev–Trinajstić information content (AvgIpc) is 2.15. The van der Waals surface area contributed by atoms with Crippen molar-refractivity contribution >= 4 is 5.82 Å². The van der Waals surface area contributed by atoms with Crippen LogP contribution in [-0.4, -0.2) is 9.91 Å². The van der Waals surface area contributed by atoms with Crippen molar-refractivity contribution in [3.63, 3.8) is 0 Å². The molecule has 0 saturated heterocycles. The highest BCUT2D eigenvalue weighted by Gasteiger charge is 2.12. The molecule has 0 bridgehead atoms. The Balaban J connectivity index is 2.84. The van der Waals surface area contributed by atoms with Gasteiger partial charge in [0.1, 0.15) is 6.20 Å². The molecule has 1 rings (SSSR count). The minimum atomic E-state index is -0.426. The third-order valence-electron chi connectivity index (χ3n) is 1.84. The molecule has 0 aromatic carbocycles. The predicted octanol–water partition coefficient (Wildman–Crippen LogP) is 2.33. The fourth-order valence-corrected chi connectivity index (χ4v) is 1.16. The van der Waals surface area contributed by atoms with Gasteiger partial charge in [-0.2, -0.15) is 0 Å². The van der Waals surface area contributed by atoms with Crippen LogP contribution in [0, 0.1) is 10.1 Å². The highest BCUT2D eigenvalue weighted by atomic mass is 16.6. The van der Waals surface area contributed by atoms with Crippen LogP contribution < -0.4 is 0 Å². The van der Waals surface area contributed by atoms with Gasteiger partial charge in [-0.1, -0.05) is 13.3 Å². The maximum Gasteiger partial charge on any atom is 0.366 e. The van der Waals surface area contributed by atoms with Crippen molar-refractivity contribution in [1.29, 1.82) is 0 Å². The van der Waals surface area contributed by atoms with Gasteiger partial charge in [-0.05, 0) is 34.9 Å². The zero-order chi connectivity index (χ0) is 9.68. The van der Waals surface area contributed by atoms with Gasteiger partial charge >= 0.3 is 5.82 Å². The first-order valence-electron chi connectivity index (χ1n) is 4.34. The lowest BCUT2D eigenvalue weighted by Gasteiger charge is -1.99. The molecular weight excluding hydrogens is 168 g/mol. The first-order chi connectivity index (χ1) is 6.25. The molecule has 1 heterocycles. The number of aryl methyl sites for hydroxylation is 1. The van der Waals surface area contributed by atoms with E-state index in [2.05, 4.69) is 11.9 Å². The van der Waals surface area contributed by atoms with Crippen LogP contribution in [0.1, 0.15) is 25.3 Å². The summed E-state index contributed by atoms with van der Waals surface area (Å²) in [6, 6.07) is 3.50. The maximum atomic E-state index is 10.5. The zero-order valence-corrected chi connectivity index (χ0v) is 7.56. The monoisotopic (exact) mass is 180 g/mol. The number of aromatic nitrogens is 1. The van der Waals surface area contributed by atoms with E-state index in [1.54, 1.807) is 12.1 Å². The molecule has 0 spiro atoms. The number of hydrogen-bond acceptors (Lipinski definition) is 3. The van der Waals surface area contributed by atoms with E-state index in [1.807, 2.05) is 0 Å². The van der Waals surface area contributed by atoms with Crippen LogP contribution in [0.2, 0.25) is 0 Å². The van der Waals surface area contributed by atoms with Gasteiger partial charge in [0.2, 0.25) is 0 Å². The molecule has 0 N–H and O–H groups in total. The van der Waals surface area contributed by atoms with E-state index in [9.17, 15) is 10.1 Å². The van der Waals surface area contributed by atoms with Crippen molar-refractivity contribution in [1.82, 2.24) is 4.98 Å². The first kappa shape index (κ1) is 9.64. The van der Waals surface area contributed by atoms with E-state index in [-0.39, 0.29) is 5.82 Å². The molecule has 0 unspecified atom stereocenters. The van der Waals surface area contributed by atoms with Gasteiger partial charge in [0.25, 0.3) is 0 Å². The van der Waals surface area contributed by atoms with Crippen molar-refractivity contribution in [2.24, 2.45) is 0 Å². The largest absolute Gasteiger partial charge is 0.366 e. The highest BCUT2D eigenvalue weighted by molar-refractivity contribution is 5.31. The molecule has 13 heavy (non-hydrogen) atoms. The van der Waals surface area contributed by atoms with E-state index in [4.69, 9.17) is 0 Å². The number of hydrogen-bond donors (Lipinski definition) is 0. The zero-order valence-electron chi connectivity index (χ0n) is 7.56. The van der Waals surface area contributed by atoms with Gasteiger partial charge in [-0.15, -0.1) is 0 Å². The Morgan fingerprint density at radius 1 is 1.62 bits per heavy atom. The number of nitrogens with zero attached hydrogens (tertiary/aromatic N) is 2. The van der Waals surface area contributed by atoms with Crippen LogP contribution in [0.5, 0.6) is 0 Å². The van der Waals surface area contributed by atoms with Crippen molar-refractivity contribution < 1.29 is 4.92 Å². The fraction of sp³-hybridized carbons (Fsp3) is 0.444. The van der Waals surface area contributed by atoms with Gasteiger partial charge in [0.05, 0.1) is 0 Å². The molecule has 0 radical (unpaired) electrons. The lowest BCUT2D eigenvalue weighted by Crippen LogP contribution is -1.97. The molecule has 1 aromatic heterocycles. The van der Waals surface area contributed by atoms with Crippen molar-refractivity contribution in [2.45, 2.75) is 26.2 Å². The predicted molar refractivity (Wildman–Crippen MR) is 49.5 cm³/mol. The van der Waals surface area contributed by atoms with Crippen LogP contribution in [0.3, 0.4) is 0 Å². The smallest absolute Gasteiger partial charge is 0.358 e. The third-order valence-corrected chi connectivity index (χ3v) is 1.84. The van der Waals surface area contributed by atoms with Crippen LogP contribution >= 0.6 is 0 Å². The second-order valence-corrected chi connectivity index (χ2v) is 2.85. The second-order valence-electron chi connectivity index (χ2n) is 2.85. The summed E-state index contributed by atoms with van der Waals surface area (Å²) < 4.78 is 0. The molecule has 4 nitrogen and oxygen atoms in total. The first-order valence-corrected chi connectivity index (χ1v) is 4.34. The van der Waals surface area contributed by atoms with E-state index in [0.717, 1.165) is 24.8 Å². The lowest BCUT2D eigenvalue weighted by molar-refractivity contribution is -0.390. The standard InChI is InChI=1S/C9H12N2O2/c1-2-3-5-8-6-4-7-10-9(8)11(12)13/h4,6-7H,2-3,5H2,1H3. The van der Waals surface area contributed by atoms with E-state index in [1.165, 1.54) is 6.20 Å². The third kappa shape index (κ3) is 2.50. The number of nitro groups is 1. The summed E-state index contributed by atoms with van der Waals surface area (Å²) in [4.78, 5) is 13.8. The fourth-order valence-electron chi connectivity index (χ4n) is 1.16. The molecule has 0 aliphatic carbocycles. The highest BCUT2D eigenvalue weighted by Crippen LogP contribution is 2.16. The minimum Gasteiger partial charge on any atom is -0.358 e. The maximum absolute atomic E-state index is 10.5. The second kappa shape index (κ2) is 4.54. The van der Waals surface area contributed by atoms with Crippen LogP contribution in [0.15, 0.2) is 18.3 Å². The molecule has 0 fully saturated rings. The molecule has 0 aliphatic heterocycles. The number of rotatable bonds is 4. The topological polar surface area (TPSA) is 56.0 Å². The van der Waals surface area contributed by atoms with Crippen LogP contribution in [0.25, 0.3) is 0 Å². The summed E-state index contributed by atoms with van der Waals surface area (Å²) in [5.74, 6) is -0.00375. The van der Waals surface area contributed by atoms with Gasteiger partial charge in [0.15, 0.2) is 0 Å². The number of unbranched alkanes of at least 4 members (excludes halogenated alkanes) is 1. The van der Waals surface area contributed by atoms with E-state index < -0.39 is 4.92 Å². The Bertz CT molecular complexity index is 299. The number of pyridine rings is 1. The Morgan fingerprint density at radius 2 is 2.38 bits per heavy atom. The summed E-state index contributed by atoms with van der Waals surface area (Å²) >= 11 is 0. The van der Waals surface area contributed by atoms with Crippen LogP contribution in [-0.2, 0) is 6.42 Å². The van der Waals surface area contributed by atoms with Crippen LogP contribution in [0.4, 0.5) is 5.82 Å². The van der Waals surface area contributed by atoms with Gasteiger partial charge in [0, 0.05) is 5.56 Å². The molecule has 4 heteroatoms. The Morgan fingerprint density at radius 3 is 3.00 bits per heavy atom. The summed E-state index contributed by atoms with van der Waals surface area (Å²) in [6.07, 6.45) is 4.19. The summed E-state index contributed by atoms with van der Waals surface area (Å²) in [5.41, 5.74) is 0.731. The summed E-state index contributed by atoms with van der Waals surface area (Å²) in [7, 11) is 0. The summed E-state index contributed by atoms with van der Waals surface area (Å²) in [6.45, 7) is 2.06. The Labute approximate surface area is 76.8 Å². The molecule has 0 saturated carbocycles. The van der Waals surface area contributed by atoms with Crippen molar-refractivity contribution in [3.05, 3.63) is 34.0 Å². The van der Waals surface area contributed by atoms with E-state index >= 15 is 0 Å². The van der Waals surface area contributed by atoms with Gasteiger partial charge in [-0.25, -0.2) is 0 Å². The Kier molecular flexibility index (Phi) is 3.37. The molecule has 0 atom stereocenters. The van der Waals surface area contributed by atoms with Gasteiger partial charge < -0.3 is 10.1 Å². The lowest BCUT2D eigenvalue weighted by atomic mass is 10.1. The van der Waals surface area contributed by atoms with Crippen molar-refractivity contribution in [2.75, 3.05) is 0 Å². The quantitative estimate of drug-likeness (QED) is 0.527. The average molecular weight is 180 g/mol. The Hall–Kier alpha value is -1.45. The molecule has 1 aromatic rings. The van der Waals surface area contributed by atoms with E-state index in [0.29, 0.717) is 0 Å². The molecule has 0 aliphatic rings. The normalized spacial score (nSPS) is 9.92. The summed E-state index contributed by atoms with van der Waals surface area (Å²) in [5, 5.41) is 10.5. The van der Waals surface area contributed by atoms with Crippen molar-refractivity contribution in [3.8, 4) is 0 Å². The molecular formula is C9H12N2O2. The minimum absolute atomic E-state index is 0.00375. The molecule has 0 amide bonds.